The van der Waals surface area contributed by atoms with E-state index >= 15 is 0 Å². The Morgan fingerprint density at radius 1 is 0.452 bits per heavy atom. The quantitative estimate of drug-likeness (QED) is 0.221. The summed E-state index contributed by atoms with van der Waals surface area (Å²) in [6.07, 6.45) is 1.88. The predicted molar refractivity (Wildman–Crippen MR) is 173 cm³/mol. The van der Waals surface area contributed by atoms with Crippen molar-refractivity contribution in [2.75, 3.05) is 0 Å². The van der Waals surface area contributed by atoms with Gasteiger partial charge in [0.25, 0.3) is 0 Å². The predicted octanol–water partition coefficient (Wildman–Crippen LogP) is 9.47. The van der Waals surface area contributed by atoms with Gasteiger partial charge < -0.3 is 4.57 Å². The Balaban J connectivity index is 1.27. The third kappa shape index (κ3) is 2.76. The highest BCUT2D eigenvalue weighted by Crippen LogP contribution is 2.46. The van der Waals surface area contributed by atoms with E-state index in [1.54, 1.807) is 0 Å². The Kier molecular flexibility index (Phi) is 4.15. The molecule has 0 saturated heterocycles. The minimum Gasteiger partial charge on any atom is -0.309 e. The Morgan fingerprint density at radius 2 is 1.10 bits per heavy atom. The summed E-state index contributed by atoms with van der Waals surface area (Å²) >= 11 is 0. The Bertz CT molecular complexity index is 2530. The van der Waals surface area contributed by atoms with Gasteiger partial charge in [-0.05, 0) is 60.2 Å². The van der Waals surface area contributed by atoms with Crippen molar-refractivity contribution in [3.05, 3.63) is 134 Å². The van der Waals surface area contributed by atoms with Gasteiger partial charge in [0, 0.05) is 49.9 Å². The van der Waals surface area contributed by atoms with E-state index in [0.29, 0.717) is 0 Å². The molecule has 1 aliphatic carbocycles. The summed E-state index contributed by atoms with van der Waals surface area (Å²) in [5.74, 6) is 0.906. The number of hydrogen-bond acceptors (Lipinski definition) is 2. The highest BCUT2D eigenvalue weighted by atomic mass is 15.1. The van der Waals surface area contributed by atoms with Crippen LogP contribution in [-0.4, -0.2) is 19.1 Å². The van der Waals surface area contributed by atoms with E-state index < -0.39 is 0 Å². The molecule has 0 saturated carbocycles. The normalized spacial score (nSPS) is 12.3. The number of hydrogen-bond donors (Lipinski definition) is 0. The van der Waals surface area contributed by atoms with E-state index in [1.807, 2.05) is 12.3 Å². The van der Waals surface area contributed by atoms with Crippen molar-refractivity contribution in [3.63, 3.8) is 0 Å². The third-order valence-electron chi connectivity index (χ3n) is 8.90. The van der Waals surface area contributed by atoms with Gasteiger partial charge >= 0.3 is 0 Å². The number of benzene rings is 5. The van der Waals surface area contributed by atoms with E-state index in [0.717, 1.165) is 39.3 Å². The fourth-order valence-corrected chi connectivity index (χ4v) is 7.18. The van der Waals surface area contributed by atoms with Gasteiger partial charge in [-0.1, -0.05) is 72.8 Å². The molecular weight excluding hydrogens is 512 g/mol. The first-order chi connectivity index (χ1) is 20.8. The van der Waals surface area contributed by atoms with E-state index in [2.05, 4.69) is 130 Å². The number of nitrogens with zero attached hydrogens (tertiary/aromatic N) is 4. The van der Waals surface area contributed by atoms with Gasteiger partial charge in [-0.25, -0.2) is 4.98 Å². The molecular formula is C38H22N4. The monoisotopic (exact) mass is 534 g/mol. The molecule has 0 fully saturated rings. The fourth-order valence-electron chi connectivity index (χ4n) is 7.18. The molecule has 0 radical (unpaired) electrons. The Morgan fingerprint density at radius 3 is 1.86 bits per heavy atom. The lowest BCUT2D eigenvalue weighted by atomic mass is 10.1. The third-order valence-corrected chi connectivity index (χ3v) is 8.90. The minimum absolute atomic E-state index is 0.906. The molecule has 1 aliphatic rings. The zero-order valence-corrected chi connectivity index (χ0v) is 22.5. The summed E-state index contributed by atoms with van der Waals surface area (Å²) in [7, 11) is 0. The smallest absolute Gasteiger partial charge is 0.138 e. The van der Waals surface area contributed by atoms with Gasteiger partial charge in [0.15, 0.2) is 0 Å². The molecule has 4 nitrogen and oxygen atoms in total. The lowest BCUT2D eigenvalue weighted by Gasteiger charge is -2.11. The first kappa shape index (κ1) is 22.0. The zero-order valence-electron chi connectivity index (χ0n) is 22.5. The van der Waals surface area contributed by atoms with Crippen LogP contribution >= 0.6 is 0 Å². The molecule has 0 N–H and O–H groups in total. The van der Waals surface area contributed by atoms with Gasteiger partial charge in [0.1, 0.15) is 5.82 Å². The average molecular weight is 535 g/mol. The molecule has 0 bridgehead atoms. The van der Waals surface area contributed by atoms with Crippen LogP contribution in [0.15, 0.2) is 134 Å². The van der Waals surface area contributed by atoms with Gasteiger partial charge in [-0.15, -0.1) is 0 Å². The van der Waals surface area contributed by atoms with E-state index in [1.165, 1.54) is 49.1 Å². The number of rotatable bonds is 2. The first-order valence-electron chi connectivity index (χ1n) is 14.3. The highest BCUT2D eigenvalue weighted by Gasteiger charge is 2.25. The summed E-state index contributed by atoms with van der Waals surface area (Å²) in [6, 6.07) is 45.6. The molecule has 10 rings (SSSR count). The van der Waals surface area contributed by atoms with Crippen LogP contribution in [0.5, 0.6) is 0 Å². The van der Waals surface area contributed by atoms with Crippen molar-refractivity contribution >= 4 is 54.5 Å². The van der Waals surface area contributed by atoms with Crippen LogP contribution in [0.25, 0.3) is 88.4 Å². The molecule has 194 valence electrons. The van der Waals surface area contributed by atoms with Gasteiger partial charge in [-0.3, -0.25) is 9.55 Å². The maximum atomic E-state index is 5.25. The molecule has 0 atom stereocenters. The zero-order chi connectivity index (χ0) is 27.4. The number of para-hydroxylation sites is 3. The van der Waals surface area contributed by atoms with Crippen molar-refractivity contribution in [2.24, 2.45) is 0 Å². The van der Waals surface area contributed by atoms with Crippen LogP contribution in [0.1, 0.15) is 0 Å². The molecule has 0 aliphatic heterocycles. The number of pyridine rings is 2. The van der Waals surface area contributed by atoms with Crippen LogP contribution in [0.2, 0.25) is 0 Å². The SMILES string of the molecule is c1cnc2c(c1)-c1cccc3nc(-n4c5ccccc5c5cc(-n6c7ccccc7c7ccccc76)ccc54)cc-2c13. The van der Waals surface area contributed by atoms with Crippen LogP contribution in [0.4, 0.5) is 0 Å². The van der Waals surface area contributed by atoms with E-state index in [9.17, 15) is 0 Å². The van der Waals surface area contributed by atoms with Crippen LogP contribution < -0.4 is 0 Å². The van der Waals surface area contributed by atoms with Crippen LogP contribution in [-0.2, 0) is 0 Å². The molecule has 4 heterocycles. The highest BCUT2D eigenvalue weighted by molar-refractivity contribution is 6.15. The Labute approximate surface area is 240 Å². The molecule has 5 aromatic carbocycles. The van der Waals surface area contributed by atoms with Crippen molar-refractivity contribution < 1.29 is 0 Å². The number of aromatic nitrogens is 4. The van der Waals surface area contributed by atoms with Crippen LogP contribution in [0.3, 0.4) is 0 Å². The molecule has 4 heteroatoms. The van der Waals surface area contributed by atoms with Crippen molar-refractivity contribution in [3.8, 4) is 33.9 Å². The summed E-state index contributed by atoms with van der Waals surface area (Å²) in [4.78, 5) is 10.0. The molecule has 4 aromatic heterocycles. The first-order valence-corrected chi connectivity index (χ1v) is 14.3. The summed E-state index contributed by atoms with van der Waals surface area (Å²) < 4.78 is 4.69. The van der Waals surface area contributed by atoms with Crippen molar-refractivity contribution in [2.45, 2.75) is 0 Å². The standard InChI is InChI=1S/C38H22N4/c1-4-15-32-24(9-1)25-10-2-5-16-33(25)41(32)23-18-19-35-29(21-23)26-11-3-6-17-34(26)42(35)36-22-30-37-27(12-7-14-31(37)40-36)28-13-8-20-39-38(28)30/h1-22H. The topological polar surface area (TPSA) is 35.6 Å². The molecule has 0 unspecified atom stereocenters. The second-order valence-corrected chi connectivity index (χ2v) is 11.1. The lowest BCUT2D eigenvalue weighted by molar-refractivity contribution is 1.10. The summed E-state index contributed by atoms with van der Waals surface area (Å²) in [5.41, 5.74) is 11.4. The van der Waals surface area contributed by atoms with Gasteiger partial charge in [0.2, 0.25) is 0 Å². The largest absolute Gasteiger partial charge is 0.309 e. The molecule has 0 spiro atoms. The van der Waals surface area contributed by atoms with Gasteiger partial charge in [-0.2, -0.15) is 0 Å². The lowest BCUT2D eigenvalue weighted by Crippen LogP contribution is -1.99. The van der Waals surface area contributed by atoms with Crippen molar-refractivity contribution in [1.82, 2.24) is 19.1 Å². The summed E-state index contributed by atoms with van der Waals surface area (Å²) in [6.45, 7) is 0. The molecule has 0 amide bonds. The number of fused-ring (bicyclic) bond motifs is 9. The van der Waals surface area contributed by atoms with E-state index in [-0.39, 0.29) is 0 Å². The van der Waals surface area contributed by atoms with E-state index in [4.69, 9.17) is 9.97 Å². The molecule has 9 aromatic rings. The maximum Gasteiger partial charge on any atom is 0.138 e. The minimum atomic E-state index is 0.906. The Hall–Kier alpha value is -5.74. The van der Waals surface area contributed by atoms with Gasteiger partial charge in [0.05, 0.1) is 33.3 Å². The fraction of sp³-hybridized carbons (Fsp3) is 0. The van der Waals surface area contributed by atoms with Crippen molar-refractivity contribution in [1.29, 1.82) is 0 Å². The second kappa shape index (κ2) is 7.93. The maximum absolute atomic E-state index is 5.25. The average Bonchev–Trinajstić information content (AvgIpc) is 3.68. The molecule has 42 heavy (non-hydrogen) atoms. The summed E-state index contributed by atoms with van der Waals surface area (Å²) in [5, 5.41) is 6.13. The second-order valence-electron chi connectivity index (χ2n) is 11.1. The van der Waals surface area contributed by atoms with Crippen LogP contribution in [0, 0.1) is 0 Å².